The summed E-state index contributed by atoms with van der Waals surface area (Å²) in [5.74, 6) is -0.789. The minimum atomic E-state index is -1.09. The third-order valence-electron chi connectivity index (χ3n) is 8.10. The zero-order valence-corrected chi connectivity index (χ0v) is 20.5. The first-order valence-electron chi connectivity index (χ1n) is 12.0. The smallest absolute Gasteiger partial charge is 0.250 e. The number of rotatable bonds is 4. The Morgan fingerprint density at radius 3 is 2.53 bits per heavy atom. The summed E-state index contributed by atoms with van der Waals surface area (Å²) in [7, 11) is 0. The Morgan fingerprint density at radius 2 is 1.83 bits per heavy atom. The minimum absolute atomic E-state index is 0.140. The fourth-order valence-electron chi connectivity index (χ4n) is 6.21. The summed E-state index contributed by atoms with van der Waals surface area (Å²) in [6, 6.07) is 9.23. The van der Waals surface area contributed by atoms with Crippen molar-refractivity contribution >= 4 is 0 Å². The van der Waals surface area contributed by atoms with E-state index in [1.54, 1.807) is 43.1 Å². The average Bonchev–Trinajstić information content (AvgIpc) is 3.48. The second kappa shape index (κ2) is 7.46. The fourth-order valence-corrected chi connectivity index (χ4v) is 6.21. The van der Waals surface area contributed by atoms with Gasteiger partial charge in [0.15, 0.2) is 0 Å². The lowest BCUT2D eigenvalue weighted by Gasteiger charge is -2.37. The molecule has 3 heterocycles. The zero-order chi connectivity index (χ0) is 25.5. The van der Waals surface area contributed by atoms with Gasteiger partial charge in [0.25, 0.3) is 5.95 Å². The van der Waals surface area contributed by atoms with E-state index in [4.69, 9.17) is 4.98 Å². The molecule has 4 aromatic rings. The van der Waals surface area contributed by atoms with Crippen LogP contribution in [0.15, 0.2) is 48.8 Å². The molecule has 7 nitrogen and oxygen atoms in total. The first-order chi connectivity index (χ1) is 17.0. The molecule has 0 unspecified atom stereocenters. The molecular weight excluding hydrogens is 462 g/mol. The number of nitrogens with zero attached hydrogens (tertiary/aromatic N) is 6. The quantitative estimate of drug-likeness (QED) is 0.443. The van der Waals surface area contributed by atoms with Crippen LogP contribution in [0.1, 0.15) is 69.1 Å². The predicted molar refractivity (Wildman–Crippen MR) is 128 cm³/mol. The predicted octanol–water partition coefficient (Wildman–Crippen LogP) is 4.83. The Bertz CT molecular complexity index is 1490. The van der Waals surface area contributed by atoms with E-state index in [0.29, 0.717) is 11.6 Å². The van der Waals surface area contributed by atoms with Crippen molar-refractivity contribution in [1.29, 1.82) is 0 Å². The molecule has 0 radical (unpaired) electrons. The van der Waals surface area contributed by atoms with Crippen molar-refractivity contribution in [1.82, 2.24) is 29.9 Å². The summed E-state index contributed by atoms with van der Waals surface area (Å²) >= 11 is 0. The van der Waals surface area contributed by atoms with Gasteiger partial charge in [-0.1, -0.05) is 19.9 Å². The van der Waals surface area contributed by atoms with E-state index in [1.165, 1.54) is 18.2 Å². The van der Waals surface area contributed by atoms with Gasteiger partial charge >= 0.3 is 0 Å². The Morgan fingerprint density at radius 1 is 1.08 bits per heavy atom. The maximum atomic E-state index is 14.5. The van der Waals surface area contributed by atoms with E-state index >= 15 is 0 Å². The topological polar surface area (TPSA) is 89.6 Å². The molecule has 1 saturated carbocycles. The Labute approximate surface area is 207 Å². The van der Waals surface area contributed by atoms with E-state index in [9.17, 15) is 13.9 Å². The fraction of sp³-hybridized carbons (Fsp3) is 0.370. The summed E-state index contributed by atoms with van der Waals surface area (Å²) in [5, 5.41) is 23.6. The van der Waals surface area contributed by atoms with Crippen molar-refractivity contribution in [3.05, 3.63) is 83.1 Å². The first kappa shape index (κ1) is 22.8. The van der Waals surface area contributed by atoms with Crippen molar-refractivity contribution in [2.45, 2.75) is 57.5 Å². The minimum Gasteiger partial charge on any atom is -0.384 e. The molecule has 2 aliphatic carbocycles. The van der Waals surface area contributed by atoms with Crippen LogP contribution in [0.3, 0.4) is 0 Å². The van der Waals surface area contributed by atoms with Gasteiger partial charge < -0.3 is 5.11 Å². The maximum Gasteiger partial charge on any atom is 0.250 e. The van der Waals surface area contributed by atoms with Gasteiger partial charge in [-0.15, -0.1) is 5.10 Å². The van der Waals surface area contributed by atoms with Gasteiger partial charge in [-0.25, -0.2) is 23.4 Å². The molecule has 2 aliphatic rings. The molecule has 1 aromatic carbocycles. The van der Waals surface area contributed by atoms with Gasteiger partial charge in [-0.2, -0.15) is 10.2 Å². The third-order valence-corrected chi connectivity index (χ3v) is 8.10. The number of aromatic nitrogens is 6. The monoisotopic (exact) mass is 488 g/mol. The highest BCUT2D eigenvalue weighted by Gasteiger charge is 2.65. The normalized spacial score (nSPS) is 22.1. The second-order valence-electron chi connectivity index (χ2n) is 10.8. The van der Waals surface area contributed by atoms with Gasteiger partial charge in [-0.05, 0) is 73.9 Å². The number of aliphatic hydroxyl groups is 1. The summed E-state index contributed by atoms with van der Waals surface area (Å²) in [5.41, 5.74) is 1.24. The maximum absolute atomic E-state index is 14.5. The van der Waals surface area contributed by atoms with Gasteiger partial charge in [0.05, 0.1) is 33.8 Å². The Hall–Kier alpha value is -3.59. The molecule has 9 heteroatoms. The van der Waals surface area contributed by atoms with E-state index < -0.39 is 22.7 Å². The van der Waals surface area contributed by atoms with Crippen LogP contribution in [0.4, 0.5) is 8.78 Å². The van der Waals surface area contributed by atoms with Crippen LogP contribution in [0, 0.1) is 17.0 Å². The molecular formula is C27H26F2N6O. The molecule has 1 fully saturated rings. The summed E-state index contributed by atoms with van der Waals surface area (Å²) in [6.45, 7) is 7.73. The number of benzene rings is 1. The number of halogens is 2. The van der Waals surface area contributed by atoms with Crippen LogP contribution in [-0.4, -0.2) is 35.1 Å². The van der Waals surface area contributed by atoms with Crippen LogP contribution in [-0.2, 0) is 11.0 Å². The van der Waals surface area contributed by atoms with Gasteiger partial charge in [0, 0.05) is 12.4 Å². The van der Waals surface area contributed by atoms with Crippen molar-refractivity contribution in [2.75, 3.05) is 0 Å². The van der Waals surface area contributed by atoms with Crippen LogP contribution < -0.4 is 0 Å². The first-order valence-corrected chi connectivity index (χ1v) is 12.0. The van der Waals surface area contributed by atoms with E-state index in [0.717, 1.165) is 29.8 Å². The summed E-state index contributed by atoms with van der Waals surface area (Å²) < 4.78 is 30.6. The van der Waals surface area contributed by atoms with E-state index in [-0.39, 0.29) is 22.6 Å². The van der Waals surface area contributed by atoms with Crippen LogP contribution in [0.5, 0.6) is 0 Å². The van der Waals surface area contributed by atoms with Crippen molar-refractivity contribution < 1.29 is 13.9 Å². The molecule has 0 aliphatic heterocycles. The molecule has 6 rings (SSSR count). The second-order valence-corrected chi connectivity index (χ2v) is 10.8. The molecule has 184 valence electrons. The highest BCUT2D eigenvalue weighted by molar-refractivity contribution is 5.64. The van der Waals surface area contributed by atoms with Gasteiger partial charge in [-0.3, -0.25) is 0 Å². The SMILES string of the molecule is CC(C)(O)c1ccn(-c2nccc([C@@]34CC[C@@H](c5cc(-c6c(F)cccc6F)nnc53)C4(C)C)n2)n1. The van der Waals surface area contributed by atoms with E-state index in [2.05, 4.69) is 34.1 Å². The molecule has 1 N–H and O–H groups in total. The largest absolute Gasteiger partial charge is 0.384 e. The summed E-state index contributed by atoms with van der Waals surface area (Å²) in [6.07, 6.45) is 5.15. The Balaban J connectivity index is 1.48. The van der Waals surface area contributed by atoms with Gasteiger partial charge in [0.2, 0.25) is 0 Å². The van der Waals surface area contributed by atoms with Crippen LogP contribution in [0.2, 0.25) is 0 Å². The van der Waals surface area contributed by atoms with Gasteiger partial charge in [0.1, 0.15) is 17.2 Å². The summed E-state index contributed by atoms with van der Waals surface area (Å²) in [4.78, 5) is 9.33. The highest BCUT2D eigenvalue weighted by atomic mass is 19.1. The number of hydrogen-bond donors (Lipinski definition) is 1. The molecule has 2 atom stereocenters. The number of hydrogen-bond acceptors (Lipinski definition) is 6. The lowest BCUT2D eigenvalue weighted by atomic mass is 9.66. The zero-order valence-electron chi connectivity index (χ0n) is 20.5. The molecule has 0 spiro atoms. The molecule has 3 aromatic heterocycles. The molecule has 0 saturated heterocycles. The third kappa shape index (κ3) is 3.01. The Kier molecular flexibility index (Phi) is 4.73. The van der Waals surface area contributed by atoms with Crippen molar-refractivity contribution in [3.63, 3.8) is 0 Å². The number of fused-ring (bicyclic) bond motifs is 5. The molecule has 2 bridgehead atoms. The average molecular weight is 489 g/mol. The van der Waals surface area contributed by atoms with E-state index in [1.807, 2.05) is 6.07 Å². The molecule has 36 heavy (non-hydrogen) atoms. The lowest BCUT2D eigenvalue weighted by molar-refractivity contribution is 0.0734. The van der Waals surface area contributed by atoms with Crippen molar-refractivity contribution in [3.8, 4) is 17.2 Å². The molecule has 0 amide bonds. The van der Waals surface area contributed by atoms with Crippen LogP contribution in [0.25, 0.3) is 17.2 Å². The highest BCUT2D eigenvalue weighted by Crippen LogP contribution is 2.69. The lowest BCUT2D eigenvalue weighted by Crippen LogP contribution is -2.38. The van der Waals surface area contributed by atoms with Crippen LogP contribution >= 0.6 is 0 Å². The standard InChI is InChI=1S/C27H26F2N6O/c1-25(2)16-8-11-27(25,21-9-12-30-24(31-21)35-13-10-20(34-35)26(3,4)36)23-15(16)14-19(32-33-23)22-17(28)6-5-7-18(22)29/h5-7,9-10,12-14,16,36H,8,11H2,1-4H3/t16-,27-/m0/s1. The van der Waals surface area contributed by atoms with Crippen molar-refractivity contribution in [2.24, 2.45) is 5.41 Å².